The van der Waals surface area contributed by atoms with Crippen LogP contribution in [0.15, 0.2) is 22.7 Å². The third-order valence-corrected chi connectivity index (χ3v) is 3.96. The molecule has 1 aromatic carbocycles. The Labute approximate surface area is 120 Å². The van der Waals surface area contributed by atoms with Gasteiger partial charge >= 0.3 is 5.69 Å². The smallest absolute Gasteiger partial charge is 0.311 e. The first-order chi connectivity index (χ1) is 9.11. The molecule has 0 aliphatic heterocycles. The van der Waals surface area contributed by atoms with E-state index in [-0.39, 0.29) is 17.8 Å². The Morgan fingerprint density at radius 2 is 2.16 bits per heavy atom. The highest BCUT2D eigenvalue weighted by Gasteiger charge is 2.27. The maximum atomic E-state index is 11.0. The van der Waals surface area contributed by atoms with Crippen LogP contribution < -0.4 is 10.1 Å². The number of nitro groups is 1. The summed E-state index contributed by atoms with van der Waals surface area (Å²) in [6.45, 7) is 0. The quantitative estimate of drug-likeness (QED) is 0.680. The maximum absolute atomic E-state index is 11.0. The van der Waals surface area contributed by atoms with Gasteiger partial charge in [-0.15, -0.1) is 0 Å². The predicted molar refractivity (Wildman–Crippen MR) is 76.5 cm³/mol. The van der Waals surface area contributed by atoms with Gasteiger partial charge in [0.1, 0.15) is 6.10 Å². The van der Waals surface area contributed by atoms with E-state index in [4.69, 9.17) is 4.74 Å². The van der Waals surface area contributed by atoms with E-state index in [1.54, 1.807) is 12.1 Å². The van der Waals surface area contributed by atoms with E-state index in [9.17, 15) is 10.1 Å². The molecule has 1 aromatic rings. The molecule has 0 spiro atoms. The fourth-order valence-electron chi connectivity index (χ4n) is 2.46. The van der Waals surface area contributed by atoms with Gasteiger partial charge in [0.05, 0.1) is 4.92 Å². The Bertz CT molecular complexity index is 467. The van der Waals surface area contributed by atoms with Crippen LogP contribution in [-0.4, -0.2) is 24.1 Å². The van der Waals surface area contributed by atoms with Gasteiger partial charge in [0, 0.05) is 22.6 Å². The first-order valence-corrected chi connectivity index (χ1v) is 7.19. The van der Waals surface area contributed by atoms with Crippen LogP contribution in [0.3, 0.4) is 0 Å². The Balaban J connectivity index is 2.21. The van der Waals surface area contributed by atoms with Gasteiger partial charge in [0.25, 0.3) is 0 Å². The number of nitrogens with one attached hydrogen (secondary N) is 1. The lowest BCUT2D eigenvalue weighted by atomic mass is 9.92. The molecule has 0 aromatic heterocycles. The molecule has 0 heterocycles. The lowest BCUT2D eigenvalue weighted by Crippen LogP contribution is -2.43. The third-order valence-electron chi connectivity index (χ3n) is 3.47. The molecule has 1 aliphatic rings. The number of nitro benzene ring substituents is 1. The van der Waals surface area contributed by atoms with Crippen molar-refractivity contribution in [1.82, 2.24) is 5.32 Å². The SMILES string of the molecule is CNC1CCCCC1Oc1cc(Br)ccc1[N+](=O)[O-]. The van der Waals surface area contributed by atoms with E-state index >= 15 is 0 Å². The van der Waals surface area contributed by atoms with Crippen LogP contribution in [0.1, 0.15) is 25.7 Å². The normalized spacial score (nSPS) is 23.1. The maximum Gasteiger partial charge on any atom is 0.311 e. The van der Waals surface area contributed by atoms with Crippen molar-refractivity contribution in [2.45, 2.75) is 37.8 Å². The number of hydrogen-bond acceptors (Lipinski definition) is 4. The second-order valence-corrected chi connectivity index (χ2v) is 5.62. The molecule has 2 atom stereocenters. The first kappa shape index (κ1) is 14.3. The fourth-order valence-corrected chi connectivity index (χ4v) is 2.80. The largest absolute Gasteiger partial charge is 0.482 e. The molecule has 0 saturated heterocycles. The minimum Gasteiger partial charge on any atom is -0.482 e. The van der Waals surface area contributed by atoms with Gasteiger partial charge in [-0.1, -0.05) is 22.4 Å². The first-order valence-electron chi connectivity index (χ1n) is 6.39. The Morgan fingerprint density at radius 1 is 1.42 bits per heavy atom. The summed E-state index contributed by atoms with van der Waals surface area (Å²) in [5.74, 6) is 0.339. The van der Waals surface area contributed by atoms with Gasteiger partial charge in [-0.25, -0.2) is 0 Å². The van der Waals surface area contributed by atoms with Crippen LogP contribution in [-0.2, 0) is 0 Å². The molecule has 1 N–H and O–H groups in total. The molecule has 1 aliphatic carbocycles. The van der Waals surface area contributed by atoms with Crippen LogP contribution in [0.5, 0.6) is 5.75 Å². The van der Waals surface area contributed by atoms with E-state index < -0.39 is 4.92 Å². The molecule has 0 radical (unpaired) electrons. The molecule has 2 rings (SSSR count). The summed E-state index contributed by atoms with van der Waals surface area (Å²) in [6, 6.07) is 5.05. The van der Waals surface area contributed by atoms with Crippen molar-refractivity contribution < 1.29 is 9.66 Å². The minimum absolute atomic E-state index is 0.00764. The molecule has 1 fully saturated rings. The van der Waals surface area contributed by atoms with Crippen molar-refractivity contribution in [1.29, 1.82) is 0 Å². The van der Waals surface area contributed by atoms with Crippen LogP contribution >= 0.6 is 15.9 Å². The highest BCUT2D eigenvalue weighted by atomic mass is 79.9. The topological polar surface area (TPSA) is 64.4 Å². The molecular weight excluding hydrogens is 312 g/mol. The zero-order valence-corrected chi connectivity index (χ0v) is 12.4. The predicted octanol–water partition coefficient (Wildman–Crippen LogP) is 3.27. The summed E-state index contributed by atoms with van der Waals surface area (Å²) in [7, 11) is 1.90. The number of ether oxygens (including phenoxy) is 1. The second kappa shape index (κ2) is 6.34. The van der Waals surface area contributed by atoms with Gasteiger partial charge in [0.15, 0.2) is 5.75 Å². The minimum atomic E-state index is -0.404. The van der Waals surface area contributed by atoms with Crippen LogP contribution in [0, 0.1) is 10.1 Å². The van der Waals surface area contributed by atoms with Crippen molar-refractivity contribution >= 4 is 21.6 Å². The molecule has 5 nitrogen and oxygen atoms in total. The van der Waals surface area contributed by atoms with Crippen LogP contribution in [0.25, 0.3) is 0 Å². The summed E-state index contributed by atoms with van der Waals surface area (Å²) in [5.41, 5.74) is 0.0172. The summed E-state index contributed by atoms with van der Waals surface area (Å²) in [4.78, 5) is 10.6. The summed E-state index contributed by atoms with van der Waals surface area (Å²) in [6.07, 6.45) is 4.24. The van der Waals surface area contributed by atoms with Crippen molar-refractivity contribution in [2.24, 2.45) is 0 Å². The van der Waals surface area contributed by atoms with E-state index in [1.165, 1.54) is 12.5 Å². The lowest BCUT2D eigenvalue weighted by Gasteiger charge is -2.31. The molecular formula is C13H17BrN2O3. The number of halogens is 1. The molecule has 0 amide bonds. The van der Waals surface area contributed by atoms with Crippen molar-refractivity contribution in [3.63, 3.8) is 0 Å². The number of hydrogen-bond donors (Lipinski definition) is 1. The number of likely N-dealkylation sites (N-methyl/N-ethyl adjacent to an activating group) is 1. The number of nitrogens with zero attached hydrogens (tertiary/aromatic N) is 1. The van der Waals surface area contributed by atoms with Gasteiger partial charge in [-0.05, 0) is 32.4 Å². The van der Waals surface area contributed by atoms with Gasteiger partial charge in [0.2, 0.25) is 0 Å². The van der Waals surface area contributed by atoms with Crippen molar-refractivity contribution in [3.05, 3.63) is 32.8 Å². The lowest BCUT2D eigenvalue weighted by molar-refractivity contribution is -0.386. The Morgan fingerprint density at radius 3 is 2.84 bits per heavy atom. The monoisotopic (exact) mass is 328 g/mol. The van der Waals surface area contributed by atoms with Crippen molar-refractivity contribution in [3.8, 4) is 5.75 Å². The number of rotatable bonds is 4. The zero-order valence-electron chi connectivity index (χ0n) is 10.8. The molecule has 104 valence electrons. The molecule has 0 bridgehead atoms. The van der Waals surface area contributed by atoms with E-state index in [1.807, 2.05) is 7.05 Å². The molecule has 2 unspecified atom stereocenters. The number of benzene rings is 1. The van der Waals surface area contributed by atoms with Crippen LogP contribution in [0.2, 0.25) is 0 Å². The fraction of sp³-hybridized carbons (Fsp3) is 0.538. The van der Waals surface area contributed by atoms with E-state index in [0.717, 1.165) is 23.7 Å². The standard InChI is InChI=1S/C13H17BrN2O3/c1-15-10-4-2-3-5-12(10)19-13-8-9(14)6-7-11(13)16(17)18/h6-8,10,12,15H,2-5H2,1H3. The zero-order chi connectivity index (χ0) is 13.8. The van der Waals surface area contributed by atoms with E-state index in [2.05, 4.69) is 21.2 Å². The highest BCUT2D eigenvalue weighted by Crippen LogP contribution is 2.33. The molecule has 19 heavy (non-hydrogen) atoms. The Kier molecular flexibility index (Phi) is 4.76. The average Bonchev–Trinajstić information content (AvgIpc) is 2.39. The Hall–Kier alpha value is -1.14. The van der Waals surface area contributed by atoms with Crippen LogP contribution in [0.4, 0.5) is 5.69 Å². The molecule has 1 saturated carbocycles. The van der Waals surface area contributed by atoms with Gasteiger partial charge < -0.3 is 10.1 Å². The highest BCUT2D eigenvalue weighted by molar-refractivity contribution is 9.10. The average molecular weight is 329 g/mol. The second-order valence-electron chi connectivity index (χ2n) is 4.71. The third kappa shape index (κ3) is 3.45. The summed E-state index contributed by atoms with van der Waals surface area (Å²) < 4.78 is 6.68. The summed E-state index contributed by atoms with van der Waals surface area (Å²) >= 11 is 3.32. The molecule has 6 heteroatoms. The summed E-state index contributed by atoms with van der Waals surface area (Å²) in [5, 5.41) is 14.3. The van der Waals surface area contributed by atoms with Gasteiger partial charge in [-0.2, -0.15) is 0 Å². The van der Waals surface area contributed by atoms with Crippen molar-refractivity contribution in [2.75, 3.05) is 7.05 Å². The van der Waals surface area contributed by atoms with E-state index in [0.29, 0.717) is 5.75 Å². The van der Waals surface area contributed by atoms with Gasteiger partial charge in [-0.3, -0.25) is 10.1 Å².